The third-order valence-electron chi connectivity index (χ3n) is 2.79. The quantitative estimate of drug-likeness (QED) is 0.834. The van der Waals surface area contributed by atoms with Crippen LogP contribution in [0.15, 0.2) is 36.5 Å². The Morgan fingerprint density at radius 3 is 2.84 bits per heavy atom. The molecule has 0 aliphatic carbocycles. The van der Waals surface area contributed by atoms with Crippen molar-refractivity contribution in [2.24, 2.45) is 0 Å². The predicted molar refractivity (Wildman–Crippen MR) is 76.4 cm³/mol. The first-order valence-electron chi connectivity index (χ1n) is 6.55. The normalized spacial score (nSPS) is 12.8. The molecule has 1 atom stereocenters. The third kappa shape index (κ3) is 3.91. The topological polar surface area (TPSA) is 54.4 Å². The number of pyridine rings is 1. The molecule has 0 bridgehead atoms. The summed E-state index contributed by atoms with van der Waals surface area (Å²) in [5, 5.41) is 14.0. The minimum absolute atomic E-state index is 0.259. The fourth-order valence-electron chi connectivity index (χ4n) is 1.81. The lowest BCUT2D eigenvalue weighted by Gasteiger charge is -2.15. The molecule has 1 heterocycles. The van der Waals surface area contributed by atoms with Crippen LogP contribution in [0.5, 0.6) is 5.75 Å². The second-order valence-electron chi connectivity index (χ2n) is 4.86. The number of nitrogens with zero attached hydrogens (tertiary/aromatic N) is 1. The Balaban J connectivity index is 1.98. The van der Waals surface area contributed by atoms with E-state index >= 15 is 0 Å². The van der Waals surface area contributed by atoms with Crippen molar-refractivity contribution in [2.45, 2.75) is 26.0 Å². The lowest BCUT2D eigenvalue weighted by molar-refractivity contribution is 0.105. The van der Waals surface area contributed by atoms with Crippen molar-refractivity contribution in [2.75, 3.05) is 13.2 Å². The molecule has 0 amide bonds. The molecule has 0 spiro atoms. The van der Waals surface area contributed by atoms with Gasteiger partial charge >= 0.3 is 0 Å². The van der Waals surface area contributed by atoms with Crippen LogP contribution >= 0.6 is 0 Å². The summed E-state index contributed by atoms with van der Waals surface area (Å²) in [4.78, 5) is 4.31. The zero-order chi connectivity index (χ0) is 13.7. The van der Waals surface area contributed by atoms with Crippen LogP contribution in [0.25, 0.3) is 10.9 Å². The molecule has 2 N–H and O–H groups in total. The molecule has 0 radical (unpaired) electrons. The first kappa shape index (κ1) is 13.8. The van der Waals surface area contributed by atoms with Gasteiger partial charge in [-0.15, -0.1) is 0 Å². The molecule has 4 heteroatoms. The van der Waals surface area contributed by atoms with E-state index in [2.05, 4.69) is 10.3 Å². The van der Waals surface area contributed by atoms with Crippen LogP contribution in [-0.2, 0) is 0 Å². The molecule has 0 saturated heterocycles. The van der Waals surface area contributed by atoms with Crippen molar-refractivity contribution in [3.05, 3.63) is 36.5 Å². The average Bonchev–Trinajstić information content (AvgIpc) is 2.42. The molecule has 2 rings (SSSR count). The largest absolute Gasteiger partial charge is 0.489 e. The van der Waals surface area contributed by atoms with E-state index in [1.165, 1.54) is 0 Å². The van der Waals surface area contributed by atoms with Gasteiger partial charge in [-0.05, 0) is 12.1 Å². The van der Waals surface area contributed by atoms with E-state index in [0.29, 0.717) is 18.3 Å². The molecule has 1 unspecified atom stereocenters. The van der Waals surface area contributed by atoms with Crippen LogP contribution in [-0.4, -0.2) is 35.4 Å². The molecular formula is C15H20N2O2. The number of aliphatic hydroxyl groups excluding tert-OH is 1. The molecule has 0 aliphatic heterocycles. The van der Waals surface area contributed by atoms with Gasteiger partial charge in [0.2, 0.25) is 0 Å². The highest BCUT2D eigenvalue weighted by molar-refractivity contribution is 5.84. The van der Waals surface area contributed by atoms with Crippen LogP contribution < -0.4 is 10.1 Å². The zero-order valence-electron chi connectivity index (χ0n) is 11.3. The van der Waals surface area contributed by atoms with Crippen molar-refractivity contribution < 1.29 is 9.84 Å². The summed E-state index contributed by atoms with van der Waals surface area (Å²) in [7, 11) is 0. The number of fused-ring (bicyclic) bond motifs is 1. The molecular weight excluding hydrogens is 240 g/mol. The predicted octanol–water partition coefficient (Wildman–Crippen LogP) is 1.97. The summed E-state index contributed by atoms with van der Waals surface area (Å²) in [6.45, 7) is 4.87. The van der Waals surface area contributed by atoms with Gasteiger partial charge in [-0.3, -0.25) is 4.98 Å². The van der Waals surface area contributed by atoms with E-state index in [9.17, 15) is 5.11 Å². The van der Waals surface area contributed by atoms with Gasteiger partial charge in [0.1, 0.15) is 24.0 Å². The monoisotopic (exact) mass is 260 g/mol. The Hall–Kier alpha value is -1.65. The van der Waals surface area contributed by atoms with Crippen LogP contribution in [0.4, 0.5) is 0 Å². The van der Waals surface area contributed by atoms with E-state index in [1.807, 2.05) is 44.2 Å². The third-order valence-corrected chi connectivity index (χ3v) is 2.79. The van der Waals surface area contributed by atoms with E-state index < -0.39 is 6.10 Å². The number of benzene rings is 1. The maximum absolute atomic E-state index is 9.82. The van der Waals surface area contributed by atoms with Gasteiger partial charge in [0.25, 0.3) is 0 Å². The summed E-state index contributed by atoms with van der Waals surface area (Å²) >= 11 is 0. The number of hydrogen-bond acceptors (Lipinski definition) is 4. The Morgan fingerprint density at radius 2 is 2.05 bits per heavy atom. The molecule has 0 fully saturated rings. The van der Waals surface area contributed by atoms with Crippen molar-refractivity contribution in [1.82, 2.24) is 10.3 Å². The fraction of sp³-hybridized carbons (Fsp3) is 0.400. The van der Waals surface area contributed by atoms with Crippen molar-refractivity contribution in [3.63, 3.8) is 0 Å². The van der Waals surface area contributed by atoms with E-state index in [0.717, 1.165) is 10.9 Å². The van der Waals surface area contributed by atoms with E-state index in [1.54, 1.807) is 6.20 Å². The Kier molecular flexibility index (Phi) is 4.71. The van der Waals surface area contributed by atoms with Gasteiger partial charge in [0, 0.05) is 24.2 Å². The number of nitrogens with one attached hydrogen (secondary N) is 1. The molecule has 2 aromatic rings. The average molecular weight is 260 g/mol. The van der Waals surface area contributed by atoms with Crippen LogP contribution in [0.3, 0.4) is 0 Å². The van der Waals surface area contributed by atoms with Gasteiger partial charge in [0.05, 0.1) is 0 Å². The SMILES string of the molecule is CC(C)NCC(O)COc1cccc2cccnc12. The Morgan fingerprint density at radius 1 is 1.26 bits per heavy atom. The molecule has 0 saturated carbocycles. The van der Waals surface area contributed by atoms with Crippen molar-refractivity contribution in [1.29, 1.82) is 0 Å². The number of aromatic nitrogens is 1. The first-order chi connectivity index (χ1) is 9.16. The minimum atomic E-state index is -0.527. The highest BCUT2D eigenvalue weighted by Gasteiger charge is 2.08. The molecule has 19 heavy (non-hydrogen) atoms. The first-order valence-corrected chi connectivity index (χ1v) is 6.55. The zero-order valence-corrected chi connectivity index (χ0v) is 11.3. The Labute approximate surface area is 113 Å². The van der Waals surface area contributed by atoms with E-state index in [-0.39, 0.29) is 6.61 Å². The summed E-state index contributed by atoms with van der Waals surface area (Å²) < 4.78 is 5.66. The van der Waals surface area contributed by atoms with Gasteiger partial charge in [-0.25, -0.2) is 0 Å². The maximum Gasteiger partial charge on any atom is 0.145 e. The fourth-order valence-corrected chi connectivity index (χ4v) is 1.81. The second kappa shape index (κ2) is 6.50. The van der Waals surface area contributed by atoms with Gasteiger partial charge in [0.15, 0.2) is 0 Å². The molecule has 0 aliphatic rings. The lowest BCUT2D eigenvalue weighted by atomic mass is 10.2. The van der Waals surface area contributed by atoms with E-state index in [4.69, 9.17) is 4.74 Å². The Bertz CT molecular complexity index is 523. The maximum atomic E-state index is 9.82. The number of rotatable bonds is 6. The lowest BCUT2D eigenvalue weighted by Crippen LogP contribution is -2.35. The van der Waals surface area contributed by atoms with Gasteiger partial charge < -0.3 is 15.2 Å². The molecule has 1 aromatic carbocycles. The number of ether oxygens (including phenoxy) is 1. The van der Waals surface area contributed by atoms with Crippen LogP contribution in [0.2, 0.25) is 0 Å². The standard InChI is InChI=1S/C15H20N2O2/c1-11(2)17-9-13(18)10-19-14-7-3-5-12-6-4-8-16-15(12)14/h3-8,11,13,17-18H,9-10H2,1-2H3. The minimum Gasteiger partial charge on any atom is -0.489 e. The number of hydrogen-bond donors (Lipinski definition) is 2. The van der Waals surface area contributed by atoms with Crippen molar-refractivity contribution >= 4 is 10.9 Å². The molecule has 4 nitrogen and oxygen atoms in total. The summed E-state index contributed by atoms with van der Waals surface area (Å²) in [6.07, 6.45) is 1.22. The second-order valence-corrected chi connectivity index (χ2v) is 4.86. The smallest absolute Gasteiger partial charge is 0.145 e. The summed E-state index contributed by atoms with van der Waals surface area (Å²) in [5.74, 6) is 0.710. The number of para-hydroxylation sites is 1. The highest BCUT2D eigenvalue weighted by atomic mass is 16.5. The highest BCUT2D eigenvalue weighted by Crippen LogP contribution is 2.22. The summed E-state index contributed by atoms with van der Waals surface area (Å²) in [5.41, 5.74) is 0.828. The van der Waals surface area contributed by atoms with Gasteiger partial charge in [-0.2, -0.15) is 0 Å². The van der Waals surface area contributed by atoms with Crippen LogP contribution in [0, 0.1) is 0 Å². The van der Waals surface area contributed by atoms with Crippen LogP contribution in [0.1, 0.15) is 13.8 Å². The van der Waals surface area contributed by atoms with Crippen molar-refractivity contribution in [3.8, 4) is 5.75 Å². The molecule has 102 valence electrons. The summed E-state index contributed by atoms with van der Waals surface area (Å²) in [6, 6.07) is 10.0. The number of aliphatic hydroxyl groups is 1. The van der Waals surface area contributed by atoms with Gasteiger partial charge in [-0.1, -0.05) is 32.0 Å². The molecule has 1 aromatic heterocycles.